The van der Waals surface area contributed by atoms with E-state index in [-0.39, 0.29) is 18.2 Å². The van der Waals surface area contributed by atoms with Crippen molar-refractivity contribution in [2.24, 2.45) is 0 Å². The topological polar surface area (TPSA) is 80.3 Å². The number of carbonyl (C=O) groups is 2. The molecule has 3 rings (SSSR count). The normalized spacial score (nSPS) is 10.5. The summed E-state index contributed by atoms with van der Waals surface area (Å²) in [4.78, 5) is 29.0. The lowest BCUT2D eigenvalue weighted by molar-refractivity contribution is -0.118. The van der Waals surface area contributed by atoms with Crippen molar-refractivity contribution in [3.05, 3.63) is 76.0 Å². The molecule has 0 aliphatic heterocycles. The molecule has 0 radical (unpaired) electrons. The van der Waals surface area contributed by atoms with Crippen LogP contribution in [0.15, 0.2) is 53.9 Å². The van der Waals surface area contributed by atoms with Gasteiger partial charge in [-0.2, -0.15) is 0 Å². The zero-order valence-electron chi connectivity index (χ0n) is 17.2. The van der Waals surface area contributed by atoms with Crippen molar-refractivity contribution in [3.8, 4) is 5.75 Å². The number of amides is 2. The van der Waals surface area contributed by atoms with Gasteiger partial charge in [-0.3, -0.25) is 9.59 Å². The molecule has 0 aliphatic rings. The van der Waals surface area contributed by atoms with E-state index < -0.39 is 11.7 Å². The van der Waals surface area contributed by atoms with E-state index in [1.165, 1.54) is 18.2 Å². The molecule has 6 nitrogen and oxygen atoms in total. The zero-order chi connectivity index (χ0) is 22.1. The number of benzene rings is 2. The third kappa shape index (κ3) is 6.89. The number of unbranched alkanes of at least 4 members (excludes halogenated alkanes) is 1. The quantitative estimate of drug-likeness (QED) is 0.458. The standard InChI is InChI=1S/C23H24FN3O3S/c1-16-15-31-22(26-16)12-6-7-13-25-23(29)17-8-2-5-11-20(17)30-14-21(28)27-19-10-4-3-9-18(19)24/h2-5,8-11,15H,6-7,12-14H2,1H3,(H,25,29)(H,27,28). The minimum absolute atomic E-state index is 0.0787. The first-order chi connectivity index (χ1) is 15.0. The van der Waals surface area contributed by atoms with Crippen molar-refractivity contribution >= 4 is 28.8 Å². The second-order valence-electron chi connectivity index (χ2n) is 6.91. The number of aryl methyl sites for hydroxylation is 2. The van der Waals surface area contributed by atoms with Crippen LogP contribution in [0.4, 0.5) is 10.1 Å². The van der Waals surface area contributed by atoms with Crippen LogP contribution in [-0.4, -0.2) is 29.9 Å². The van der Waals surface area contributed by atoms with Gasteiger partial charge in [0.25, 0.3) is 11.8 Å². The lowest BCUT2D eigenvalue weighted by Crippen LogP contribution is -2.26. The zero-order valence-corrected chi connectivity index (χ0v) is 18.0. The smallest absolute Gasteiger partial charge is 0.262 e. The summed E-state index contributed by atoms with van der Waals surface area (Å²) in [6.45, 7) is 2.17. The predicted octanol–water partition coefficient (Wildman–Crippen LogP) is 4.36. The maximum Gasteiger partial charge on any atom is 0.262 e. The van der Waals surface area contributed by atoms with Crippen LogP contribution in [-0.2, 0) is 11.2 Å². The van der Waals surface area contributed by atoms with Crippen LogP contribution in [0.1, 0.15) is 33.9 Å². The summed E-state index contributed by atoms with van der Waals surface area (Å²) in [5.41, 5.74) is 1.46. The van der Waals surface area contributed by atoms with Gasteiger partial charge in [-0.1, -0.05) is 24.3 Å². The summed E-state index contributed by atoms with van der Waals surface area (Å²) in [5, 5.41) is 8.47. The van der Waals surface area contributed by atoms with Crippen LogP contribution in [0.3, 0.4) is 0 Å². The second kappa shape index (κ2) is 11.2. The number of hydrogen-bond donors (Lipinski definition) is 2. The average molecular weight is 442 g/mol. The van der Waals surface area contributed by atoms with Gasteiger partial charge >= 0.3 is 0 Å². The average Bonchev–Trinajstić information content (AvgIpc) is 3.18. The molecular weight excluding hydrogens is 417 g/mol. The van der Waals surface area contributed by atoms with Crippen LogP contribution < -0.4 is 15.4 Å². The molecule has 2 amide bonds. The minimum atomic E-state index is -0.527. The van der Waals surface area contributed by atoms with Gasteiger partial charge in [-0.15, -0.1) is 11.3 Å². The minimum Gasteiger partial charge on any atom is -0.483 e. The third-order valence-corrected chi connectivity index (χ3v) is 5.43. The van der Waals surface area contributed by atoms with Crippen LogP contribution in [0.2, 0.25) is 0 Å². The molecule has 1 aromatic heterocycles. The molecule has 8 heteroatoms. The van der Waals surface area contributed by atoms with Gasteiger partial charge in [0.15, 0.2) is 6.61 Å². The molecule has 31 heavy (non-hydrogen) atoms. The second-order valence-corrected chi connectivity index (χ2v) is 7.85. The van der Waals surface area contributed by atoms with E-state index in [1.54, 1.807) is 41.7 Å². The number of carbonyl (C=O) groups excluding carboxylic acids is 2. The highest BCUT2D eigenvalue weighted by Gasteiger charge is 2.14. The maximum absolute atomic E-state index is 13.6. The Bertz CT molecular complexity index is 1040. The molecule has 2 aromatic carbocycles. The number of ether oxygens (including phenoxy) is 1. The van der Waals surface area contributed by atoms with Crippen molar-refractivity contribution in [2.75, 3.05) is 18.5 Å². The Morgan fingerprint density at radius 3 is 2.65 bits per heavy atom. The van der Waals surface area contributed by atoms with Gasteiger partial charge < -0.3 is 15.4 Å². The lowest BCUT2D eigenvalue weighted by Gasteiger charge is -2.12. The molecule has 1 heterocycles. The van der Waals surface area contributed by atoms with Gasteiger partial charge in [0.05, 0.1) is 16.3 Å². The fraction of sp³-hybridized carbons (Fsp3) is 0.261. The largest absolute Gasteiger partial charge is 0.483 e. The first kappa shape index (κ1) is 22.4. The van der Waals surface area contributed by atoms with E-state index in [9.17, 15) is 14.0 Å². The number of nitrogens with zero attached hydrogens (tertiary/aromatic N) is 1. The van der Waals surface area contributed by atoms with Crippen molar-refractivity contribution in [3.63, 3.8) is 0 Å². The summed E-state index contributed by atoms with van der Waals surface area (Å²) in [6.07, 6.45) is 2.66. The number of hydrogen-bond acceptors (Lipinski definition) is 5. The Morgan fingerprint density at radius 2 is 1.87 bits per heavy atom. The molecule has 0 atom stereocenters. The Labute approximate surface area is 184 Å². The third-order valence-electron chi connectivity index (χ3n) is 4.41. The van der Waals surface area contributed by atoms with Crippen LogP contribution in [0.5, 0.6) is 5.75 Å². The molecule has 0 spiro atoms. The summed E-state index contributed by atoms with van der Waals surface area (Å²) in [5.74, 6) is -1.02. The van der Waals surface area contributed by atoms with E-state index in [0.29, 0.717) is 17.9 Å². The SMILES string of the molecule is Cc1csc(CCCCNC(=O)c2ccccc2OCC(=O)Nc2ccccc2F)n1. The Kier molecular flexibility index (Phi) is 8.12. The van der Waals surface area contributed by atoms with Crippen LogP contribution in [0.25, 0.3) is 0 Å². The summed E-state index contributed by atoms with van der Waals surface area (Å²) >= 11 is 1.65. The van der Waals surface area contributed by atoms with E-state index in [2.05, 4.69) is 15.6 Å². The van der Waals surface area contributed by atoms with E-state index in [1.807, 2.05) is 12.3 Å². The highest BCUT2D eigenvalue weighted by molar-refractivity contribution is 7.09. The van der Waals surface area contributed by atoms with E-state index >= 15 is 0 Å². The molecule has 0 saturated carbocycles. The van der Waals surface area contributed by atoms with Gasteiger partial charge in [-0.25, -0.2) is 9.37 Å². The Morgan fingerprint density at radius 1 is 1.10 bits per heavy atom. The highest BCUT2D eigenvalue weighted by atomic mass is 32.1. The van der Waals surface area contributed by atoms with Crippen molar-refractivity contribution in [1.29, 1.82) is 0 Å². The molecule has 0 unspecified atom stereocenters. The van der Waals surface area contributed by atoms with Crippen molar-refractivity contribution < 1.29 is 18.7 Å². The maximum atomic E-state index is 13.6. The molecule has 162 valence electrons. The number of halogens is 1. The number of nitrogens with one attached hydrogen (secondary N) is 2. The lowest BCUT2D eigenvalue weighted by atomic mass is 10.2. The summed E-state index contributed by atoms with van der Waals surface area (Å²) in [6, 6.07) is 12.6. The predicted molar refractivity (Wildman–Crippen MR) is 119 cm³/mol. The number of aromatic nitrogens is 1. The van der Waals surface area contributed by atoms with Crippen molar-refractivity contribution in [2.45, 2.75) is 26.2 Å². The fourth-order valence-electron chi connectivity index (χ4n) is 2.89. The molecule has 0 saturated heterocycles. The monoisotopic (exact) mass is 441 g/mol. The van der Waals surface area contributed by atoms with Gasteiger partial charge in [0.2, 0.25) is 0 Å². The first-order valence-corrected chi connectivity index (χ1v) is 10.9. The van der Waals surface area contributed by atoms with E-state index in [0.717, 1.165) is 30.0 Å². The fourth-order valence-corrected chi connectivity index (χ4v) is 3.71. The molecule has 0 bridgehead atoms. The molecule has 2 N–H and O–H groups in total. The molecule has 0 aliphatic carbocycles. The number of thiazole rings is 1. The number of para-hydroxylation sites is 2. The Hall–Kier alpha value is -3.26. The summed E-state index contributed by atoms with van der Waals surface area (Å²) < 4.78 is 19.2. The highest BCUT2D eigenvalue weighted by Crippen LogP contribution is 2.18. The number of rotatable bonds is 10. The van der Waals surface area contributed by atoms with Crippen molar-refractivity contribution in [1.82, 2.24) is 10.3 Å². The van der Waals surface area contributed by atoms with Crippen LogP contribution >= 0.6 is 11.3 Å². The Balaban J connectivity index is 1.45. The molecule has 3 aromatic rings. The van der Waals surface area contributed by atoms with Gasteiger partial charge in [-0.05, 0) is 50.5 Å². The summed E-state index contributed by atoms with van der Waals surface area (Å²) in [7, 11) is 0. The van der Waals surface area contributed by atoms with Gasteiger partial charge in [0, 0.05) is 17.6 Å². The first-order valence-electron chi connectivity index (χ1n) is 9.98. The van der Waals surface area contributed by atoms with Gasteiger partial charge in [0.1, 0.15) is 11.6 Å². The van der Waals surface area contributed by atoms with E-state index in [4.69, 9.17) is 4.74 Å². The van der Waals surface area contributed by atoms with Crippen LogP contribution in [0, 0.1) is 12.7 Å². The molecular formula is C23H24FN3O3S. The number of anilines is 1. The molecule has 0 fully saturated rings.